The standard InChI is InChI=1S/C11H14FNO5S/c1-8(14)6-13(7-11(15)16)19(17,18)10-4-2-9(12)3-5-10/h2-5,8,14H,6-7H2,1H3,(H,15,16)/t8-/m0/s1. The number of benzene rings is 1. The van der Waals surface area contributed by atoms with Gasteiger partial charge in [-0.2, -0.15) is 4.31 Å². The van der Waals surface area contributed by atoms with Gasteiger partial charge in [-0.3, -0.25) is 4.79 Å². The van der Waals surface area contributed by atoms with Crippen LogP contribution in [0.4, 0.5) is 4.39 Å². The number of aliphatic hydroxyl groups is 1. The molecule has 1 aromatic carbocycles. The van der Waals surface area contributed by atoms with Gasteiger partial charge < -0.3 is 10.2 Å². The van der Waals surface area contributed by atoms with Gasteiger partial charge in [0.25, 0.3) is 0 Å². The summed E-state index contributed by atoms with van der Waals surface area (Å²) in [6.07, 6.45) is -1.02. The maximum Gasteiger partial charge on any atom is 0.318 e. The molecular weight excluding hydrogens is 277 g/mol. The van der Waals surface area contributed by atoms with Crippen molar-refractivity contribution in [2.24, 2.45) is 0 Å². The molecule has 8 heteroatoms. The van der Waals surface area contributed by atoms with Gasteiger partial charge >= 0.3 is 5.97 Å². The lowest BCUT2D eigenvalue weighted by Crippen LogP contribution is -2.40. The van der Waals surface area contributed by atoms with E-state index in [1.807, 2.05) is 0 Å². The predicted molar refractivity (Wildman–Crippen MR) is 64.5 cm³/mol. The minimum atomic E-state index is -4.08. The molecule has 0 unspecified atom stereocenters. The first-order valence-electron chi connectivity index (χ1n) is 5.39. The summed E-state index contributed by atoms with van der Waals surface area (Å²) in [7, 11) is -4.08. The quantitative estimate of drug-likeness (QED) is 0.785. The van der Waals surface area contributed by atoms with Gasteiger partial charge in [0, 0.05) is 6.54 Å². The Labute approximate surface area is 110 Å². The summed E-state index contributed by atoms with van der Waals surface area (Å²) in [4.78, 5) is 10.4. The summed E-state index contributed by atoms with van der Waals surface area (Å²) >= 11 is 0. The second-order valence-electron chi connectivity index (χ2n) is 3.99. The number of halogens is 1. The predicted octanol–water partition coefficient (Wildman–Crippen LogP) is 0.282. The fraction of sp³-hybridized carbons (Fsp3) is 0.364. The van der Waals surface area contributed by atoms with Crippen molar-refractivity contribution in [3.05, 3.63) is 30.1 Å². The van der Waals surface area contributed by atoms with Gasteiger partial charge in [-0.15, -0.1) is 0 Å². The third-order valence-corrected chi connectivity index (χ3v) is 4.06. The molecule has 2 N–H and O–H groups in total. The normalized spacial score (nSPS) is 13.5. The number of hydrogen-bond donors (Lipinski definition) is 2. The van der Waals surface area contributed by atoms with Crippen molar-refractivity contribution in [1.82, 2.24) is 4.31 Å². The van der Waals surface area contributed by atoms with E-state index in [0.717, 1.165) is 24.3 Å². The van der Waals surface area contributed by atoms with E-state index in [4.69, 9.17) is 5.11 Å². The molecule has 0 aromatic heterocycles. The van der Waals surface area contributed by atoms with E-state index < -0.39 is 34.5 Å². The zero-order valence-electron chi connectivity index (χ0n) is 10.2. The van der Waals surface area contributed by atoms with Crippen LogP contribution >= 0.6 is 0 Å². The number of carboxylic acids is 1. The van der Waals surface area contributed by atoms with Crippen LogP contribution in [0.25, 0.3) is 0 Å². The number of carbonyl (C=O) groups is 1. The van der Waals surface area contributed by atoms with Gasteiger partial charge in [-0.05, 0) is 31.2 Å². The van der Waals surface area contributed by atoms with Crippen LogP contribution in [-0.2, 0) is 14.8 Å². The number of aliphatic carboxylic acids is 1. The first-order valence-corrected chi connectivity index (χ1v) is 6.83. The van der Waals surface area contributed by atoms with Crippen LogP contribution in [0.2, 0.25) is 0 Å². The average Bonchev–Trinajstić information content (AvgIpc) is 2.27. The monoisotopic (exact) mass is 291 g/mol. The van der Waals surface area contributed by atoms with Gasteiger partial charge in [-0.1, -0.05) is 0 Å². The van der Waals surface area contributed by atoms with Gasteiger partial charge in [0.15, 0.2) is 0 Å². The molecule has 0 aliphatic carbocycles. The second kappa shape index (κ2) is 6.09. The molecule has 6 nitrogen and oxygen atoms in total. The first-order chi connectivity index (χ1) is 8.73. The van der Waals surface area contributed by atoms with Crippen molar-refractivity contribution in [3.63, 3.8) is 0 Å². The zero-order chi connectivity index (χ0) is 14.6. The van der Waals surface area contributed by atoms with Crippen LogP contribution in [0, 0.1) is 5.82 Å². The molecule has 1 rings (SSSR count). The van der Waals surface area contributed by atoms with Gasteiger partial charge in [0.1, 0.15) is 12.4 Å². The number of hydrogen-bond acceptors (Lipinski definition) is 4. The van der Waals surface area contributed by atoms with Crippen LogP contribution in [0.15, 0.2) is 29.2 Å². The van der Waals surface area contributed by atoms with Crippen molar-refractivity contribution in [1.29, 1.82) is 0 Å². The molecule has 1 aromatic rings. The summed E-state index contributed by atoms with van der Waals surface area (Å²) < 4.78 is 37.7. The maximum absolute atomic E-state index is 12.8. The van der Waals surface area contributed by atoms with Crippen LogP contribution in [0.3, 0.4) is 0 Å². The zero-order valence-corrected chi connectivity index (χ0v) is 11.0. The summed E-state index contributed by atoms with van der Waals surface area (Å²) in [5, 5.41) is 17.9. The third kappa shape index (κ3) is 4.27. The molecule has 0 fully saturated rings. The van der Waals surface area contributed by atoms with Gasteiger partial charge in [-0.25, -0.2) is 12.8 Å². The number of nitrogens with zero attached hydrogens (tertiary/aromatic N) is 1. The molecule has 0 aliphatic heterocycles. The molecule has 0 saturated carbocycles. The first kappa shape index (κ1) is 15.5. The van der Waals surface area contributed by atoms with E-state index in [0.29, 0.717) is 4.31 Å². The fourth-order valence-electron chi connectivity index (χ4n) is 1.45. The summed E-state index contributed by atoms with van der Waals surface area (Å²) in [6.45, 7) is 0.214. The number of rotatable bonds is 6. The van der Waals surface area contributed by atoms with E-state index in [1.165, 1.54) is 6.92 Å². The minimum Gasteiger partial charge on any atom is -0.480 e. The smallest absolute Gasteiger partial charge is 0.318 e. The molecule has 0 amide bonds. The third-order valence-electron chi connectivity index (χ3n) is 2.23. The second-order valence-corrected chi connectivity index (χ2v) is 5.93. The van der Waals surface area contributed by atoms with Crippen molar-refractivity contribution >= 4 is 16.0 Å². The molecule has 0 radical (unpaired) electrons. The average molecular weight is 291 g/mol. The Kier molecular flexibility index (Phi) is 4.98. The lowest BCUT2D eigenvalue weighted by atomic mass is 10.4. The Morgan fingerprint density at radius 3 is 2.32 bits per heavy atom. The van der Waals surface area contributed by atoms with Crippen LogP contribution in [-0.4, -0.2) is 48.1 Å². The van der Waals surface area contributed by atoms with Crippen LogP contribution in [0.1, 0.15) is 6.92 Å². The lowest BCUT2D eigenvalue weighted by molar-refractivity contribution is -0.137. The highest BCUT2D eigenvalue weighted by molar-refractivity contribution is 7.89. The van der Waals surface area contributed by atoms with E-state index in [1.54, 1.807) is 0 Å². The Bertz CT molecular complexity index is 541. The SMILES string of the molecule is C[C@H](O)CN(CC(=O)O)S(=O)(=O)c1ccc(F)cc1. The van der Waals surface area contributed by atoms with E-state index >= 15 is 0 Å². The van der Waals surface area contributed by atoms with Gasteiger partial charge in [0.05, 0.1) is 11.0 Å². The molecule has 1 atom stereocenters. The van der Waals surface area contributed by atoms with E-state index in [-0.39, 0.29) is 11.4 Å². The van der Waals surface area contributed by atoms with Crippen LogP contribution < -0.4 is 0 Å². The molecule has 0 aliphatic rings. The summed E-state index contributed by atoms with van der Waals surface area (Å²) in [5.41, 5.74) is 0. The Morgan fingerprint density at radius 2 is 1.89 bits per heavy atom. The molecule has 0 saturated heterocycles. The largest absolute Gasteiger partial charge is 0.480 e. The Balaban J connectivity index is 3.11. The Hall–Kier alpha value is -1.51. The number of carboxylic acid groups (broad SMARTS) is 1. The topological polar surface area (TPSA) is 94.9 Å². The van der Waals surface area contributed by atoms with Crippen molar-refractivity contribution in [2.75, 3.05) is 13.1 Å². The van der Waals surface area contributed by atoms with Crippen LogP contribution in [0.5, 0.6) is 0 Å². The minimum absolute atomic E-state index is 0.226. The summed E-state index contributed by atoms with van der Waals surface area (Å²) in [5.74, 6) is -1.94. The summed E-state index contributed by atoms with van der Waals surface area (Å²) in [6, 6.07) is 4.02. The van der Waals surface area contributed by atoms with E-state index in [9.17, 15) is 22.7 Å². The van der Waals surface area contributed by atoms with Gasteiger partial charge in [0.2, 0.25) is 10.0 Å². The highest BCUT2D eigenvalue weighted by Crippen LogP contribution is 2.16. The molecule has 0 bridgehead atoms. The number of aliphatic hydroxyl groups excluding tert-OH is 1. The van der Waals surface area contributed by atoms with E-state index in [2.05, 4.69) is 0 Å². The number of sulfonamides is 1. The molecular formula is C11H14FNO5S. The molecule has 0 heterocycles. The molecule has 0 spiro atoms. The highest BCUT2D eigenvalue weighted by atomic mass is 32.2. The maximum atomic E-state index is 12.8. The molecule has 19 heavy (non-hydrogen) atoms. The van der Waals surface area contributed by atoms with Crippen molar-refractivity contribution in [2.45, 2.75) is 17.9 Å². The molecule has 106 valence electrons. The highest BCUT2D eigenvalue weighted by Gasteiger charge is 2.27. The fourth-order valence-corrected chi connectivity index (χ4v) is 2.92. The van der Waals surface area contributed by atoms with Crippen molar-refractivity contribution in [3.8, 4) is 0 Å². The Morgan fingerprint density at radius 1 is 1.37 bits per heavy atom. The van der Waals surface area contributed by atoms with Crippen molar-refractivity contribution < 1.29 is 27.8 Å². The lowest BCUT2D eigenvalue weighted by Gasteiger charge is -2.21.